The topological polar surface area (TPSA) is 176 Å². The van der Waals surface area contributed by atoms with Crippen LogP contribution in [0.15, 0.2) is 48.5 Å². The summed E-state index contributed by atoms with van der Waals surface area (Å²) >= 11 is 0. The van der Waals surface area contributed by atoms with E-state index in [1.54, 1.807) is 30.3 Å². The number of hydrogen-bond donors (Lipinski definition) is 0. The van der Waals surface area contributed by atoms with Crippen molar-refractivity contribution in [3.63, 3.8) is 0 Å². The highest BCUT2D eigenvalue weighted by Gasteiger charge is 2.53. The van der Waals surface area contributed by atoms with Crippen molar-refractivity contribution in [1.29, 1.82) is 0 Å². The predicted octanol–water partition coefficient (Wildman–Crippen LogP) is 2.43. The standard InChI is InChI=1S/C30H32O14/c1-16(31)37-15-25-26(40-18(3)33)27(41-19(4)34)28(42-20(5)35)30(44-25)43-24-12-11-22(39-17(2)32)13-23(24)29(36)38-14-21-9-7-6-8-10-21/h6-13,25-28,30H,14-15H2,1-5H3. The maximum absolute atomic E-state index is 13.2. The number of ether oxygens (including phenoxy) is 8. The molecule has 236 valence electrons. The molecule has 0 saturated carbocycles. The highest BCUT2D eigenvalue weighted by molar-refractivity contribution is 5.93. The molecule has 1 aliphatic heterocycles. The lowest BCUT2D eigenvalue weighted by atomic mass is 9.98. The van der Waals surface area contributed by atoms with Gasteiger partial charge in [-0.05, 0) is 23.8 Å². The van der Waals surface area contributed by atoms with Crippen LogP contribution in [0.3, 0.4) is 0 Å². The van der Waals surface area contributed by atoms with Crippen LogP contribution in [0.25, 0.3) is 0 Å². The van der Waals surface area contributed by atoms with Gasteiger partial charge in [0.15, 0.2) is 12.2 Å². The van der Waals surface area contributed by atoms with Gasteiger partial charge in [-0.15, -0.1) is 0 Å². The van der Waals surface area contributed by atoms with Crippen molar-refractivity contribution in [3.05, 3.63) is 59.7 Å². The van der Waals surface area contributed by atoms with Gasteiger partial charge in [0.1, 0.15) is 36.4 Å². The van der Waals surface area contributed by atoms with Crippen LogP contribution < -0.4 is 9.47 Å². The van der Waals surface area contributed by atoms with Crippen LogP contribution in [0.1, 0.15) is 50.5 Å². The van der Waals surface area contributed by atoms with E-state index in [1.165, 1.54) is 25.1 Å². The maximum atomic E-state index is 13.2. The highest BCUT2D eigenvalue weighted by Crippen LogP contribution is 2.33. The molecule has 0 radical (unpaired) electrons. The Bertz CT molecular complexity index is 1370. The monoisotopic (exact) mass is 616 g/mol. The van der Waals surface area contributed by atoms with Crippen molar-refractivity contribution < 1.29 is 66.7 Å². The Labute approximate surface area is 252 Å². The largest absolute Gasteiger partial charge is 0.463 e. The van der Waals surface area contributed by atoms with Gasteiger partial charge < -0.3 is 37.9 Å². The average molecular weight is 617 g/mol. The van der Waals surface area contributed by atoms with Crippen LogP contribution in [0, 0.1) is 0 Å². The lowest BCUT2D eigenvalue weighted by molar-refractivity contribution is -0.288. The zero-order valence-electron chi connectivity index (χ0n) is 24.6. The van der Waals surface area contributed by atoms with Gasteiger partial charge in [0, 0.05) is 34.6 Å². The molecule has 0 aliphatic carbocycles. The first-order valence-corrected chi connectivity index (χ1v) is 13.3. The smallest absolute Gasteiger partial charge is 0.342 e. The fourth-order valence-corrected chi connectivity index (χ4v) is 4.21. The van der Waals surface area contributed by atoms with E-state index < -0.39 is 73.1 Å². The fourth-order valence-electron chi connectivity index (χ4n) is 4.21. The van der Waals surface area contributed by atoms with E-state index in [0.717, 1.165) is 27.7 Å². The van der Waals surface area contributed by atoms with Crippen molar-refractivity contribution in [1.82, 2.24) is 0 Å². The van der Waals surface area contributed by atoms with Crippen LogP contribution in [0.2, 0.25) is 0 Å². The number of rotatable bonds is 11. The second-order valence-corrected chi connectivity index (χ2v) is 9.50. The van der Waals surface area contributed by atoms with E-state index >= 15 is 0 Å². The normalized spacial score (nSPS) is 20.8. The summed E-state index contributed by atoms with van der Waals surface area (Å²) in [4.78, 5) is 72.6. The van der Waals surface area contributed by atoms with Gasteiger partial charge in [0.25, 0.3) is 0 Å². The van der Waals surface area contributed by atoms with Crippen LogP contribution in [0.4, 0.5) is 0 Å². The molecule has 0 amide bonds. The second kappa shape index (κ2) is 15.5. The summed E-state index contributed by atoms with van der Waals surface area (Å²) < 4.78 is 43.8. The Hall–Kier alpha value is -4.98. The summed E-state index contributed by atoms with van der Waals surface area (Å²) in [5.41, 5.74) is 0.492. The van der Waals surface area contributed by atoms with Crippen molar-refractivity contribution in [2.24, 2.45) is 0 Å². The summed E-state index contributed by atoms with van der Waals surface area (Å²) in [6.07, 6.45) is -7.33. The zero-order chi connectivity index (χ0) is 32.4. The molecular weight excluding hydrogens is 584 g/mol. The van der Waals surface area contributed by atoms with Gasteiger partial charge in [-0.3, -0.25) is 24.0 Å². The Balaban J connectivity index is 2.03. The number of carbonyl (C=O) groups excluding carboxylic acids is 6. The van der Waals surface area contributed by atoms with Gasteiger partial charge in [-0.1, -0.05) is 30.3 Å². The molecule has 2 aromatic carbocycles. The first kappa shape index (κ1) is 33.5. The van der Waals surface area contributed by atoms with Crippen molar-refractivity contribution in [2.45, 2.75) is 71.9 Å². The van der Waals surface area contributed by atoms with Gasteiger partial charge >= 0.3 is 35.8 Å². The highest BCUT2D eigenvalue weighted by atomic mass is 16.7. The molecule has 1 aliphatic rings. The number of benzene rings is 2. The van der Waals surface area contributed by atoms with Crippen molar-refractivity contribution in [3.8, 4) is 11.5 Å². The van der Waals surface area contributed by atoms with Crippen LogP contribution in [0.5, 0.6) is 11.5 Å². The molecular formula is C30H32O14. The summed E-state index contributed by atoms with van der Waals surface area (Å²) in [5.74, 6) is -4.84. The molecule has 2 aromatic rings. The van der Waals surface area contributed by atoms with Crippen LogP contribution >= 0.6 is 0 Å². The minimum Gasteiger partial charge on any atom is -0.463 e. The molecule has 5 atom stereocenters. The Kier molecular flexibility index (Phi) is 11.8. The maximum Gasteiger partial charge on any atom is 0.342 e. The quantitative estimate of drug-likeness (QED) is 0.204. The summed E-state index contributed by atoms with van der Waals surface area (Å²) in [6.45, 7) is 4.99. The third kappa shape index (κ3) is 9.80. The minimum absolute atomic E-state index is 0.00180. The third-order valence-corrected chi connectivity index (χ3v) is 5.84. The van der Waals surface area contributed by atoms with Gasteiger partial charge in [-0.25, -0.2) is 4.79 Å². The van der Waals surface area contributed by atoms with E-state index in [-0.39, 0.29) is 23.7 Å². The molecule has 1 heterocycles. The molecule has 0 aromatic heterocycles. The molecule has 0 spiro atoms. The summed E-state index contributed by atoms with van der Waals surface area (Å²) in [7, 11) is 0. The van der Waals surface area contributed by atoms with E-state index in [9.17, 15) is 28.8 Å². The SMILES string of the molecule is CC(=O)OCC1OC(Oc2ccc(OC(C)=O)cc2C(=O)OCc2ccccc2)C(OC(C)=O)C(OC(C)=O)C1OC(C)=O. The molecule has 1 fully saturated rings. The molecule has 44 heavy (non-hydrogen) atoms. The fraction of sp³-hybridized carbons (Fsp3) is 0.400. The third-order valence-electron chi connectivity index (χ3n) is 5.84. The molecule has 1 saturated heterocycles. The van der Waals surface area contributed by atoms with Gasteiger partial charge in [0.05, 0.1) is 0 Å². The minimum atomic E-state index is -1.61. The molecule has 0 bridgehead atoms. The first-order valence-electron chi connectivity index (χ1n) is 13.3. The van der Waals surface area contributed by atoms with E-state index in [2.05, 4.69) is 0 Å². The van der Waals surface area contributed by atoms with E-state index in [4.69, 9.17) is 37.9 Å². The van der Waals surface area contributed by atoms with Gasteiger partial charge in [-0.2, -0.15) is 0 Å². The van der Waals surface area contributed by atoms with Crippen LogP contribution in [-0.4, -0.2) is 73.1 Å². The average Bonchev–Trinajstić information content (AvgIpc) is 2.94. The molecule has 14 nitrogen and oxygen atoms in total. The van der Waals surface area contributed by atoms with Crippen LogP contribution in [-0.2, 0) is 59.0 Å². The zero-order valence-corrected chi connectivity index (χ0v) is 24.6. The van der Waals surface area contributed by atoms with E-state index in [0.29, 0.717) is 5.56 Å². The summed E-state index contributed by atoms with van der Waals surface area (Å²) in [5, 5.41) is 0. The number of esters is 6. The number of carbonyl (C=O) groups is 6. The molecule has 3 rings (SSSR count). The van der Waals surface area contributed by atoms with Gasteiger partial charge in [0.2, 0.25) is 12.4 Å². The lowest BCUT2D eigenvalue weighted by Gasteiger charge is -2.44. The lowest BCUT2D eigenvalue weighted by Crippen LogP contribution is -2.63. The molecule has 5 unspecified atom stereocenters. The Morgan fingerprint density at radius 1 is 0.682 bits per heavy atom. The number of hydrogen-bond acceptors (Lipinski definition) is 14. The Morgan fingerprint density at radius 3 is 1.89 bits per heavy atom. The molecule has 0 N–H and O–H groups in total. The first-order chi connectivity index (χ1) is 20.8. The molecule has 14 heteroatoms. The van der Waals surface area contributed by atoms with Crippen molar-refractivity contribution in [2.75, 3.05) is 6.61 Å². The summed E-state index contributed by atoms with van der Waals surface area (Å²) in [6, 6.07) is 12.6. The van der Waals surface area contributed by atoms with Crippen molar-refractivity contribution >= 4 is 35.8 Å². The van der Waals surface area contributed by atoms with E-state index in [1.807, 2.05) is 0 Å². The second-order valence-electron chi connectivity index (χ2n) is 9.50. The Morgan fingerprint density at radius 2 is 1.30 bits per heavy atom. The predicted molar refractivity (Wildman–Crippen MR) is 146 cm³/mol.